The van der Waals surface area contributed by atoms with Gasteiger partial charge in [0.05, 0.1) is 5.02 Å². The molecule has 0 amide bonds. The number of hydrogen-bond donors (Lipinski definition) is 0. The highest BCUT2D eigenvalue weighted by atomic mass is 35.5. The van der Waals surface area contributed by atoms with E-state index in [1.54, 1.807) is 6.07 Å². The topological polar surface area (TPSA) is 35.5 Å². The first kappa shape index (κ1) is 11.8. The summed E-state index contributed by atoms with van der Waals surface area (Å²) in [6, 6.07) is 1.70. The molecule has 0 radical (unpaired) electrons. The van der Waals surface area contributed by atoms with E-state index in [1.807, 2.05) is 0 Å². The smallest absolute Gasteiger partial charge is 0.231 e. The Balaban J connectivity index is 2.11. The van der Waals surface area contributed by atoms with Crippen molar-refractivity contribution in [2.75, 3.05) is 6.79 Å². The van der Waals surface area contributed by atoms with E-state index in [-0.39, 0.29) is 6.79 Å². The van der Waals surface area contributed by atoms with Gasteiger partial charge < -0.3 is 9.47 Å². The zero-order valence-electron chi connectivity index (χ0n) is 10.1. The van der Waals surface area contributed by atoms with Crippen LogP contribution in [0, 0.1) is 0 Å². The maximum Gasteiger partial charge on any atom is 0.231 e. The Bertz CT molecular complexity index is 478. The van der Waals surface area contributed by atoms with Crippen molar-refractivity contribution in [3.05, 3.63) is 22.2 Å². The Labute approximate surface area is 111 Å². The molecular weight excluding hydrogens is 252 g/mol. The van der Waals surface area contributed by atoms with E-state index >= 15 is 0 Å². The van der Waals surface area contributed by atoms with Crippen molar-refractivity contribution in [3.8, 4) is 11.5 Å². The molecule has 1 aromatic rings. The monoisotopic (exact) mass is 266 g/mol. The van der Waals surface area contributed by atoms with Gasteiger partial charge in [-0.3, -0.25) is 4.79 Å². The number of carbonyl (C=O) groups excluding carboxylic acids is 1. The molecule has 1 aromatic carbocycles. The summed E-state index contributed by atoms with van der Waals surface area (Å²) in [7, 11) is 0. The summed E-state index contributed by atoms with van der Waals surface area (Å²) < 4.78 is 10.9. The second-order valence-corrected chi connectivity index (χ2v) is 5.29. The predicted octanol–water partition coefficient (Wildman–Crippen LogP) is 3.93. The third-order valence-electron chi connectivity index (χ3n) is 3.81. The summed E-state index contributed by atoms with van der Waals surface area (Å²) >= 11 is 6.10. The number of aldehydes is 1. The van der Waals surface area contributed by atoms with Gasteiger partial charge in [0.1, 0.15) is 0 Å². The fourth-order valence-electron chi connectivity index (χ4n) is 2.98. The number of fused-ring (bicyclic) bond motifs is 1. The summed E-state index contributed by atoms with van der Waals surface area (Å²) in [5, 5.41) is 0.462. The van der Waals surface area contributed by atoms with E-state index in [0.29, 0.717) is 28.0 Å². The van der Waals surface area contributed by atoms with Crippen molar-refractivity contribution in [2.45, 2.75) is 38.0 Å². The van der Waals surface area contributed by atoms with E-state index in [1.165, 1.54) is 19.3 Å². The second kappa shape index (κ2) is 4.81. The minimum Gasteiger partial charge on any atom is -0.453 e. The molecule has 18 heavy (non-hydrogen) atoms. The Morgan fingerprint density at radius 1 is 1.17 bits per heavy atom. The van der Waals surface area contributed by atoms with Crippen LogP contribution in [0.4, 0.5) is 0 Å². The van der Waals surface area contributed by atoms with Gasteiger partial charge >= 0.3 is 0 Å². The van der Waals surface area contributed by atoms with Gasteiger partial charge in [0, 0.05) is 11.1 Å². The van der Waals surface area contributed by atoms with Crippen molar-refractivity contribution in [1.82, 2.24) is 0 Å². The summed E-state index contributed by atoms with van der Waals surface area (Å²) in [6.07, 6.45) is 6.79. The first-order valence-electron chi connectivity index (χ1n) is 6.38. The van der Waals surface area contributed by atoms with Crippen LogP contribution in [0.3, 0.4) is 0 Å². The van der Waals surface area contributed by atoms with Gasteiger partial charge in [0.2, 0.25) is 6.79 Å². The lowest BCUT2D eigenvalue weighted by Gasteiger charge is -2.24. The molecule has 0 bridgehead atoms. The molecule has 4 heteroatoms. The first-order valence-corrected chi connectivity index (χ1v) is 6.76. The molecule has 3 nitrogen and oxygen atoms in total. The highest BCUT2D eigenvalue weighted by molar-refractivity contribution is 6.32. The SMILES string of the molecule is O=Cc1cc(Cl)c2c(c1C1CCCCC1)OCO2. The van der Waals surface area contributed by atoms with Gasteiger partial charge in [-0.2, -0.15) is 0 Å². The molecule has 0 aromatic heterocycles. The Hall–Kier alpha value is -1.22. The van der Waals surface area contributed by atoms with Gasteiger partial charge in [-0.05, 0) is 24.8 Å². The third kappa shape index (κ3) is 1.87. The van der Waals surface area contributed by atoms with Crippen LogP contribution in [-0.4, -0.2) is 13.1 Å². The lowest BCUT2D eigenvalue weighted by atomic mass is 9.81. The fraction of sp³-hybridized carbons (Fsp3) is 0.500. The van der Waals surface area contributed by atoms with E-state index in [2.05, 4.69) is 0 Å². The van der Waals surface area contributed by atoms with Crippen LogP contribution in [0.5, 0.6) is 11.5 Å². The lowest BCUT2D eigenvalue weighted by molar-refractivity contribution is 0.112. The highest BCUT2D eigenvalue weighted by Gasteiger charge is 2.29. The zero-order valence-corrected chi connectivity index (χ0v) is 10.8. The van der Waals surface area contributed by atoms with Crippen LogP contribution >= 0.6 is 11.6 Å². The van der Waals surface area contributed by atoms with E-state index in [4.69, 9.17) is 21.1 Å². The third-order valence-corrected chi connectivity index (χ3v) is 4.09. The molecule has 3 rings (SSSR count). The van der Waals surface area contributed by atoms with Crippen molar-refractivity contribution in [2.24, 2.45) is 0 Å². The van der Waals surface area contributed by atoms with E-state index < -0.39 is 0 Å². The minimum atomic E-state index is 0.192. The Morgan fingerprint density at radius 2 is 1.89 bits per heavy atom. The summed E-state index contributed by atoms with van der Waals surface area (Å²) in [5.41, 5.74) is 1.65. The Kier molecular flexibility index (Phi) is 3.16. The maximum atomic E-state index is 11.3. The molecule has 2 aliphatic rings. The van der Waals surface area contributed by atoms with Gasteiger partial charge in [-0.15, -0.1) is 0 Å². The molecule has 0 saturated heterocycles. The van der Waals surface area contributed by atoms with Crippen molar-refractivity contribution in [1.29, 1.82) is 0 Å². The summed E-state index contributed by atoms with van der Waals surface area (Å²) in [4.78, 5) is 11.3. The molecule has 0 unspecified atom stereocenters. The van der Waals surface area contributed by atoms with Crippen LogP contribution in [0.1, 0.15) is 53.9 Å². The molecular formula is C14H15ClO3. The lowest BCUT2D eigenvalue weighted by Crippen LogP contribution is -2.08. The molecule has 1 aliphatic carbocycles. The van der Waals surface area contributed by atoms with Gasteiger partial charge in [0.25, 0.3) is 0 Å². The van der Waals surface area contributed by atoms with Crippen LogP contribution in [0.25, 0.3) is 0 Å². The van der Waals surface area contributed by atoms with Crippen LogP contribution in [-0.2, 0) is 0 Å². The number of ether oxygens (including phenoxy) is 2. The Morgan fingerprint density at radius 3 is 2.61 bits per heavy atom. The number of rotatable bonds is 2. The molecule has 0 N–H and O–H groups in total. The summed E-state index contributed by atoms with van der Waals surface area (Å²) in [6.45, 7) is 0.192. The van der Waals surface area contributed by atoms with Crippen LogP contribution in [0.15, 0.2) is 6.07 Å². The molecule has 0 spiro atoms. The van der Waals surface area contributed by atoms with Gasteiger partial charge in [-0.25, -0.2) is 0 Å². The number of halogens is 1. The van der Waals surface area contributed by atoms with Gasteiger partial charge in [-0.1, -0.05) is 30.9 Å². The van der Waals surface area contributed by atoms with Crippen molar-refractivity contribution < 1.29 is 14.3 Å². The molecule has 1 saturated carbocycles. The molecule has 0 atom stereocenters. The predicted molar refractivity (Wildman–Crippen MR) is 68.8 cm³/mol. The number of benzene rings is 1. The normalized spacial score (nSPS) is 18.9. The second-order valence-electron chi connectivity index (χ2n) is 4.88. The number of carbonyl (C=O) groups is 1. The summed E-state index contributed by atoms with van der Waals surface area (Å²) in [5.74, 6) is 1.69. The fourth-order valence-corrected chi connectivity index (χ4v) is 3.23. The van der Waals surface area contributed by atoms with E-state index in [9.17, 15) is 4.79 Å². The molecule has 1 fully saturated rings. The average molecular weight is 267 g/mol. The van der Waals surface area contributed by atoms with Crippen molar-refractivity contribution in [3.63, 3.8) is 0 Å². The quantitative estimate of drug-likeness (QED) is 0.761. The standard InChI is InChI=1S/C14H15ClO3/c15-11-6-10(7-16)12(9-4-2-1-3-5-9)14-13(11)17-8-18-14/h6-7,9H,1-5,8H2. The molecule has 1 heterocycles. The van der Waals surface area contributed by atoms with Crippen LogP contribution in [0.2, 0.25) is 5.02 Å². The van der Waals surface area contributed by atoms with E-state index in [0.717, 1.165) is 24.7 Å². The molecule has 1 aliphatic heterocycles. The molecule has 96 valence electrons. The zero-order chi connectivity index (χ0) is 12.5. The highest BCUT2D eigenvalue weighted by Crippen LogP contribution is 2.48. The largest absolute Gasteiger partial charge is 0.453 e. The first-order chi connectivity index (χ1) is 8.81. The van der Waals surface area contributed by atoms with Crippen LogP contribution < -0.4 is 9.47 Å². The van der Waals surface area contributed by atoms with Gasteiger partial charge in [0.15, 0.2) is 17.8 Å². The maximum absolute atomic E-state index is 11.3. The van der Waals surface area contributed by atoms with Crippen molar-refractivity contribution >= 4 is 17.9 Å². The minimum absolute atomic E-state index is 0.192. The number of hydrogen-bond acceptors (Lipinski definition) is 3. The average Bonchev–Trinajstić information content (AvgIpc) is 2.89.